The lowest BCUT2D eigenvalue weighted by Crippen LogP contribution is -2.51. The van der Waals surface area contributed by atoms with Gasteiger partial charge in [0.1, 0.15) is 0 Å². The van der Waals surface area contributed by atoms with Crippen LogP contribution in [0.15, 0.2) is 0 Å². The number of carbonyl (C=O) groups excluding carboxylic acids is 1. The topological polar surface area (TPSA) is 32.8 Å². The van der Waals surface area contributed by atoms with Crippen LogP contribution in [0.2, 0.25) is 0 Å². The number of ether oxygens (including phenoxy) is 1. The van der Waals surface area contributed by atoms with Crippen molar-refractivity contribution in [2.75, 3.05) is 39.3 Å². The van der Waals surface area contributed by atoms with Crippen molar-refractivity contribution in [2.24, 2.45) is 0 Å². The Morgan fingerprint density at radius 1 is 1.12 bits per heavy atom. The van der Waals surface area contributed by atoms with Crippen LogP contribution < -0.4 is 0 Å². The smallest absolute Gasteiger partial charge is 0.320 e. The summed E-state index contributed by atoms with van der Waals surface area (Å²) in [5.41, 5.74) is 0. The summed E-state index contributed by atoms with van der Waals surface area (Å²) in [5.74, 6) is -0.0940. The molecule has 0 N–H and O–H groups in total. The summed E-state index contributed by atoms with van der Waals surface area (Å²) in [6.45, 7) is 11.4. The highest BCUT2D eigenvalue weighted by Gasteiger charge is 2.22. The second kappa shape index (κ2) is 7.67. The van der Waals surface area contributed by atoms with Gasteiger partial charge in [-0.1, -0.05) is 13.8 Å². The van der Waals surface area contributed by atoms with E-state index in [2.05, 4.69) is 23.6 Å². The van der Waals surface area contributed by atoms with Gasteiger partial charge in [0.05, 0.1) is 13.2 Å². The van der Waals surface area contributed by atoms with Crippen LogP contribution in [-0.2, 0) is 9.53 Å². The van der Waals surface area contributed by atoms with E-state index in [0.717, 1.165) is 26.2 Å². The van der Waals surface area contributed by atoms with Crippen molar-refractivity contribution in [1.82, 2.24) is 9.80 Å². The minimum atomic E-state index is -0.0940. The first-order valence-corrected chi connectivity index (χ1v) is 6.83. The molecule has 1 rings (SSSR count). The molecule has 4 nitrogen and oxygen atoms in total. The van der Waals surface area contributed by atoms with E-state index in [9.17, 15) is 4.79 Å². The second-order valence-corrected chi connectivity index (χ2v) is 4.59. The predicted molar refractivity (Wildman–Crippen MR) is 69.0 cm³/mol. The molecule has 1 fully saturated rings. The van der Waals surface area contributed by atoms with E-state index in [-0.39, 0.29) is 5.97 Å². The van der Waals surface area contributed by atoms with E-state index in [4.69, 9.17) is 4.74 Å². The van der Waals surface area contributed by atoms with Gasteiger partial charge in [0.15, 0.2) is 0 Å². The fourth-order valence-corrected chi connectivity index (χ4v) is 2.48. The zero-order valence-electron chi connectivity index (χ0n) is 11.4. The molecule has 0 aromatic heterocycles. The average molecular weight is 242 g/mol. The fourth-order valence-electron chi connectivity index (χ4n) is 2.48. The van der Waals surface area contributed by atoms with Crippen molar-refractivity contribution < 1.29 is 9.53 Å². The Hall–Kier alpha value is -0.610. The van der Waals surface area contributed by atoms with E-state index in [1.165, 1.54) is 12.8 Å². The molecule has 0 aliphatic carbocycles. The van der Waals surface area contributed by atoms with Gasteiger partial charge in [-0.3, -0.25) is 14.6 Å². The van der Waals surface area contributed by atoms with Gasteiger partial charge in [-0.25, -0.2) is 0 Å². The SMILES string of the molecule is CCOC(=O)CN1CCN(C(CC)CC)CC1. The lowest BCUT2D eigenvalue weighted by Gasteiger charge is -2.38. The van der Waals surface area contributed by atoms with Crippen LogP contribution >= 0.6 is 0 Å². The van der Waals surface area contributed by atoms with Crippen molar-refractivity contribution in [3.8, 4) is 0 Å². The Morgan fingerprint density at radius 3 is 2.18 bits per heavy atom. The summed E-state index contributed by atoms with van der Waals surface area (Å²) in [4.78, 5) is 16.1. The molecule has 4 heteroatoms. The third-order valence-corrected chi connectivity index (χ3v) is 3.52. The molecule has 0 atom stereocenters. The van der Waals surface area contributed by atoms with Crippen molar-refractivity contribution in [3.05, 3.63) is 0 Å². The maximum absolute atomic E-state index is 11.4. The zero-order chi connectivity index (χ0) is 12.7. The van der Waals surface area contributed by atoms with Gasteiger partial charge in [-0.15, -0.1) is 0 Å². The molecule has 1 heterocycles. The van der Waals surface area contributed by atoms with Crippen LogP contribution in [0.25, 0.3) is 0 Å². The molecular formula is C13H26N2O2. The summed E-state index contributed by atoms with van der Waals surface area (Å²) in [7, 11) is 0. The molecule has 100 valence electrons. The van der Waals surface area contributed by atoms with Crippen molar-refractivity contribution in [3.63, 3.8) is 0 Å². The lowest BCUT2D eigenvalue weighted by molar-refractivity contribution is -0.144. The molecule has 1 aliphatic rings. The first kappa shape index (κ1) is 14.5. The van der Waals surface area contributed by atoms with Crippen molar-refractivity contribution in [1.29, 1.82) is 0 Å². The molecule has 0 aromatic carbocycles. The van der Waals surface area contributed by atoms with Gasteiger partial charge < -0.3 is 4.74 Å². The summed E-state index contributed by atoms with van der Waals surface area (Å²) in [6.07, 6.45) is 2.43. The van der Waals surface area contributed by atoms with Gasteiger partial charge in [0.2, 0.25) is 0 Å². The molecule has 0 amide bonds. The second-order valence-electron chi connectivity index (χ2n) is 4.59. The average Bonchev–Trinajstić information content (AvgIpc) is 2.33. The number of carbonyl (C=O) groups is 1. The van der Waals surface area contributed by atoms with Gasteiger partial charge in [0.25, 0.3) is 0 Å². The highest BCUT2D eigenvalue weighted by atomic mass is 16.5. The summed E-state index contributed by atoms with van der Waals surface area (Å²) in [5, 5.41) is 0. The molecule has 0 saturated carbocycles. The predicted octanol–water partition coefficient (Wildman–Crippen LogP) is 1.36. The normalized spacial score (nSPS) is 18.6. The molecule has 0 bridgehead atoms. The van der Waals surface area contributed by atoms with Crippen LogP contribution in [-0.4, -0.2) is 61.1 Å². The quantitative estimate of drug-likeness (QED) is 0.658. The van der Waals surface area contributed by atoms with Crippen molar-refractivity contribution >= 4 is 5.97 Å². The zero-order valence-corrected chi connectivity index (χ0v) is 11.4. The van der Waals surface area contributed by atoms with E-state index < -0.39 is 0 Å². The van der Waals surface area contributed by atoms with E-state index >= 15 is 0 Å². The van der Waals surface area contributed by atoms with Gasteiger partial charge in [-0.05, 0) is 19.8 Å². The minimum Gasteiger partial charge on any atom is -0.465 e. The first-order chi connectivity index (χ1) is 8.21. The molecule has 0 radical (unpaired) electrons. The number of rotatable bonds is 6. The lowest BCUT2D eigenvalue weighted by atomic mass is 10.1. The number of hydrogen-bond acceptors (Lipinski definition) is 4. The molecule has 1 saturated heterocycles. The third-order valence-electron chi connectivity index (χ3n) is 3.52. The minimum absolute atomic E-state index is 0.0940. The highest BCUT2D eigenvalue weighted by molar-refractivity contribution is 5.71. The number of esters is 1. The first-order valence-electron chi connectivity index (χ1n) is 6.83. The largest absolute Gasteiger partial charge is 0.465 e. The van der Waals surface area contributed by atoms with Crippen molar-refractivity contribution in [2.45, 2.75) is 39.7 Å². The van der Waals surface area contributed by atoms with E-state index in [1.54, 1.807) is 0 Å². The van der Waals surface area contributed by atoms with Crippen LogP contribution in [0.1, 0.15) is 33.6 Å². The summed E-state index contributed by atoms with van der Waals surface area (Å²) < 4.78 is 4.97. The number of piperazine rings is 1. The maximum Gasteiger partial charge on any atom is 0.320 e. The Labute approximate surface area is 105 Å². The number of nitrogens with zero attached hydrogens (tertiary/aromatic N) is 2. The Morgan fingerprint density at radius 2 is 1.71 bits per heavy atom. The third kappa shape index (κ3) is 4.64. The standard InChI is InChI=1S/C13H26N2O2/c1-4-12(5-2)15-9-7-14(8-10-15)11-13(16)17-6-3/h12H,4-11H2,1-3H3. The van der Waals surface area contributed by atoms with Gasteiger partial charge in [-0.2, -0.15) is 0 Å². The maximum atomic E-state index is 11.4. The van der Waals surface area contributed by atoms with Gasteiger partial charge >= 0.3 is 5.97 Å². The van der Waals surface area contributed by atoms with Crippen LogP contribution in [0, 0.1) is 0 Å². The molecule has 1 aliphatic heterocycles. The monoisotopic (exact) mass is 242 g/mol. The van der Waals surface area contributed by atoms with E-state index in [1.807, 2.05) is 6.92 Å². The molecule has 0 aromatic rings. The van der Waals surface area contributed by atoms with Crippen LogP contribution in [0.5, 0.6) is 0 Å². The van der Waals surface area contributed by atoms with Gasteiger partial charge in [0, 0.05) is 32.2 Å². The molecule has 0 spiro atoms. The van der Waals surface area contributed by atoms with Crippen LogP contribution in [0.4, 0.5) is 0 Å². The summed E-state index contributed by atoms with van der Waals surface area (Å²) in [6, 6.07) is 0.708. The molecule has 0 unspecified atom stereocenters. The molecular weight excluding hydrogens is 216 g/mol. The fraction of sp³-hybridized carbons (Fsp3) is 0.923. The van der Waals surface area contributed by atoms with E-state index in [0.29, 0.717) is 19.2 Å². The Bertz CT molecular complexity index is 221. The highest BCUT2D eigenvalue weighted by Crippen LogP contribution is 2.11. The van der Waals surface area contributed by atoms with Crippen LogP contribution in [0.3, 0.4) is 0 Å². The number of hydrogen-bond donors (Lipinski definition) is 0. The summed E-state index contributed by atoms with van der Waals surface area (Å²) >= 11 is 0. The Kier molecular flexibility index (Phi) is 6.52. The Balaban J connectivity index is 2.28. The molecule has 17 heavy (non-hydrogen) atoms.